The molecule has 5 nitrogen and oxygen atoms in total. The Hall–Kier alpha value is -3.60. The monoisotopic (exact) mass is 371 g/mol. The molecule has 0 bridgehead atoms. The fraction of sp³-hybridized carbons (Fsp3) is 0.130. The van der Waals surface area contributed by atoms with Gasteiger partial charge in [-0.1, -0.05) is 18.2 Å². The second kappa shape index (κ2) is 7.56. The van der Waals surface area contributed by atoms with Crippen molar-refractivity contribution < 1.29 is 9.53 Å². The number of aryl methyl sites for hydroxylation is 2. The van der Waals surface area contributed by atoms with Crippen LogP contribution in [-0.4, -0.2) is 15.3 Å². The number of nitrogens with one attached hydrogen (secondary N) is 1. The Balaban J connectivity index is 1.40. The quantitative estimate of drug-likeness (QED) is 0.549. The zero-order chi connectivity index (χ0) is 19.5. The number of hydrogen-bond acceptors (Lipinski definition) is 3. The summed E-state index contributed by atoms with van der Waals surface area (Å²) in [7, 11) is 0. The van der Waals surface area contributed by atoms with Crippen LogP contribution < -0.4 is 10.1 Å². The molecule has 28 heavy (non-hydrogen) atoms. The highest BCUT2D eigenvalue weighted by molar-refractivity contribution is 6.04. The lowest BCUT2D eigenvalue weighted by Gasteiger charge is -2.08. The van der Waals surface area contributed by atoms with Crippen molar-refractivity contribution in [2.45, 2.75) is 20.5 Å². The number of nitrogens with zero attached hydrogens (tertiary/aromatic N) is 2. The smallest absolute Gasteiger partial charge is 0.255 e. The van der Waals surface area contributed by atoms with Gasteiger partial charge in [-0.25, -0.2) is 4.98 Å². The number of benzene rings is 2. The average Bonchev–Trinajstić information content (AvgIpc) is 3.11. The van der Waals surface area contributed by atoms with Gasteiger partial charge in [0.05, 0.1) is 5.69 Å². The van der Waals surface area contributed by atoms with Crippen molar-refractivity contribution in [1.29, 1.82) is 0 Å². The van der Waals surface area contributed by atoms with E-state index in [0.29, 0.717) is 17.9 Å². The van der Waals surface area contributed by atoms with E-state index in [-0.39, 0.29) is 5.91 Å². The highest BCUT2D eigenvalue weighted by Gasteiger charge is 2.08. The topological polar surface area (TPSA) is 55.6 Å². The third-order valence-corrected chi connectivity index (χ3v) is 4.51. The Labute approximate surface area is 163 Å². The fourth-order valence-corrected chi connectivity index (χ4v) is 3.06. The van der Waals surface area contributed by atoms with Gasteiger partial charge in [0, 0.05) is 23.6 Å². The van der Waals surface area contributed by atoms with E-state index in [2.05, 4.69) is 10.3 Å². The van der Waals surface area contributed by atoms with Gasteiger partial charge in [-0.3, -0.25) is 4.79 Å². The molecule has 0 fully saturated rings. The maximum Gasteiger partial charge on any atom is 0.255 e. The number of amides is 1. The summed E-state index contributed by atoms with van der Waals surface area (Å²) >= 11 is 0. The van der Waals surface area contributed by atoms with Crippen molar-refractivity contribution in [1.82, 2.24) is 9.38 Å². The molecule has 0 spiro atoms. The first-order chi connectivity index (χ1) is 13.6. The lowest BCUT2D eigenvalue weighted by atomic mass is 10.2. The molecule has 0 unspecified atom stereocenters. The van der Waals surface area contributed by atoms with Crippen molar-refractivity contribution in [2.24, 2.45) is 0 Å². The van der Waals surface area contributed by atoms with Crippen molar-refractivity contribution in [3.8, 4) is 5.75 Å². The van der Waals surface area contributed by atoms with Crippen molar-refractivity contribution >= 4 is 17.2 Å². The Morgan fingerprint density at radius 1 is 1.07 bits per heavy atom. The Bertz CT molecular complexity index is 1130. The SMILES string of the molecule is Cc1cccc(NC(=O)c2ccc(OCc3cn4cccc(C)c4n3)cc2)c1. The molecule has 0 saturated heterocycles. The van der Waals surface area contributed by atoms with Gasteiger partial charge in [-0.05, 0) is 67.4 Å². The Morgan fingerprint density at radius 2 is 1.89 bits per heavy atom. The second-order valence-electron chi connectivity index (χ2n) is 6.79. The first-order valence-corrected chi connectivity index (χ1v) is 9.12. The zero-order valence-electron chi connectivity index (χ0n) is 15.8. The largest absolute Gasteiger partial charge is 0.487 e. The third kappa shape index (κ3) is 3.88. The van der Waals surface area contributed by atoms with Crippen LogP contribution in [0.5, 0.6) is 5.75 Å². The third-order valence-electron chi connectivity index (χ3n) is 4.51. The maximum atomic E-state index is 12.4. The molecule has 4 rings (SSSR count). The van der Waals surface area contributed by atoms with Crippen LogP contribution in [0.2, 0.25) is 0 Å². The first-order valence-electron chi connectivity index (χ1n) is 9.12. The molecule has 4 aromatic rings. The molecule has 1 N–H and O–H groups in total. The average molecular weight is 371 g/mol. The van der Waals surface area contributed by atoms with E-state index in [4.69, 9.17) is 4.74 Å². The first kappa shape index (κ1) is 17.8. The van der Waals surface area contributed by atoms with Crippen LogP contribution in [0.3, 0.4) is 0 Å². The van der Waals surface area contributed by atoms with Crippen LogP contribution in [0.25, 0.3) is 5.65 Å². The van der Waals surface area contributed by atoms with Crippen LogP contribution in [0.1, 0.15) is 27.2 Å². The van der Waals surface area contributed by atoms with E-state index < -0.39 is 0 Å². The molecule has 0 aliphatic rings. The zero-order valence-corrected chi connectivity index (χ0v) is 15.8. The molecule has 5 heteroatoms. The van der Waals surface area contributed by atoms with Gasteiger partial charge in [0.15, 0.2) is 0 Å². The number of carbonyl (C=O) groups is 1. The van der Waals surface area contributed by atoms with Crippen LogP contribution in [0, 0.1) is 13.8 Å². The number of imidazole rings is 1. The molecule has 0 aliphatic heterocycles. The Morgan fingerprint density at radius 3 is 2.64 bits per heavy atom. The molecule has 2 aromatic heterocycles. The van der Waals surface area contributed by atoms with Crippen molar-refractivity contribution in [3.05, 3.63) is 95.4 Å². The van der Waals surface area contributed by atoms with Gasteiger partial charge in [-0.2, -0.15) is 0 Å². The molecule has 0 radical (unpaired) electrons. The molecule has 2 aromatic carbocycles. The van der Waals surface area contributed by atoms with Gasteiger partial charge in [0.25, 0.3) is 5.91 Å². The lowest BCUT2D eigenvalue weighted by Crippen LogP contribution is -2.11. The van der Waals surface area contributed by atoms with E-state index in [1.807, 2.05) is 67.0 Å². The molecule has 0 saturated carbocycles. The van der Waals surface area contributed by atoms with E-state index in [9.17, 15) is 4.79 Å². The van der Waals surface area contributed by atoms with E-state index in [0.717, 1.165) is 28.2 Å². The van der Waals surface area contributed by atoms with Crippen molar-refractivity contribution in [3.63, 3.8) is 0 Å². The minimum absolute atomic E-state index is 0.145. The van der Waals surface area contributed by atoms with Crippen LogP contribution in [0.4, 0.5) is 5.69 Å². The molecule has 1 amide bonds. The number of fused-ring (bicyclic) bond motifs is 1. The minimum atomic E-state index is -0.145. The molecular formula is C23H21N3O2. The molecule has 140 valence electrons. The summed E-state index contributed by atoms with van der Waals surface area (Å²) in [5.41, 5.74) is 5.38. The number of hydrogen-bond donors (Lipinski definition) is 1. The predicted molar refractivity (Wildman–Crippen MR) is 110 cm³/mol. The fourth-order valence-electron chi connectivity index (χ4n) is 3.06. The highest BCUT2D eigenvalue weighted by atomic mass is 16.5. The van der Waals surface area contributed by atoms with Gasteiger partial charge < -0.3 is 14.5 Å². The summed E-state index contributed by atoms with van der Waals surface area (Å²) in [5, 5.41) is 2.90. The number of ether oxygens (including phenoxy) is 1. The molecular weight excluding hydrogens is 350 g/mol. The number of pyridine rings is 1. The summed E-state index contributed by atoms with van der Waals surface area (Å²) in [4.78, 5) is 17.0. The standard InChI is InChI=1S/C23H21N3O2/c1-16-5-3-7-19(13-16)25-23(27)18-8-10-21(11-9-18)28-15-20-14-26-12-4-6-17(2)22(26)24-20/h3-14H,15H2,1-2H3,(H,25,27). The van der Waals surface area contributed by atoms with Gasteiger partial charge >= 0.3 is 0 Å². The second-order valence-corrected chi connectivity index (χ2v) is 6.79. The van der Waals surface area contributed by atoms with Crippen LogP contribution in [-0.2, 0) is 6.61 Å². The highest BCUT2D eigenvalue weighted by Crippen LogP contribution is 2.17. The lowest BCUT2D eigenvalue weighted by molar-refractivity contribution is 0.102. The summed E-state index contributed by atoms with van der Waals surface area (Å²) in [6.45, 7) is 4.40. The number of rotatable bonds is 5. The van der Waals surface area contributed by atoms with E-state index >= 15 is 0 Å². The Kier molecular flexibility index (Phi) is 4.81. The minimum Gasteiger partial charge on any atom is -0.487 e. The van der Waals surface area contributed by atoms with E-state index in [1.165, 1.54) is 0 Å². The number of aromatic nitrogens is 2. The summed E-state index contributed by atoms with van der Waals surface area (Å²) in [6.07, 6.45) is 3.94. The molecule has 0 atom stereocenters. The van der Waals surface area contributed by atoms with Gasteiger partial charge in [0.2, 0.25) is 0 Å². The molecule has 2 heterocycles. The van der Waals surface area contributed by atoms with Gasteiger partial charge in [-0.15, -0.1) is 0 Å². The van der Waals surface area contributed by atoms with Crippen LogP contribution >= 0.6 is 0 Å². The van der Waals surface area contributed by atoms with Crippen molar-refractivity contribution in [2.75, 3.05) is 5.32 Å². The maximum absolute atomic E-state index is 12.4. The normalized spacial score (nSPS) is 10.8. The van der Waals surface area contributed by atoms with E-state index in [1.54, 1.807) is 24.3 Å². The van der Waals surface area contributed by atoms with Crippen LogP contribution in [0.15, 0.2) is 73.1 Å². The van der Waals surface area contributed by atoms with Gasteiger partial charge in [0.1, 0.15) is 18.0 Å². The predicted octanol–water partition coefficient (Wildman–Crippen LogP) is 4.78. The number of anilines is 1. The summed E-state index contributed by atoms with van der Waals surface area (Å²) in [6, 6.07) is 18.9. The number of carbonyl (C=O) groups excluding carboxylic acids is 1. The summed E-state index contributed by atoms with van der Waals surface area (Å²) in [5.74, 6) is 0.550. The molecule has 0 aliphatic carbocycles. The summed E-state index contributed by atoms with van der Waals surface area (Å²) < 4.78 is 7.82.